The third kappa shape index (κ3) is 3.96. The van der Waals surface area contributed by atoms with Gasteiger partial charge in [0, 0.05) is 50.7 Å². The van der Waals surface area contributed by atoms with Crippen molar-refractivity contribution >= 4 is 0 Å². The first-order valence-corrected chi connectivity index (χ1v) is 11.4. The van der Waals surface area contributed by atoms with Crippen LogP contribution in [0.4, 0.5) is 8.78 Å². The Hall–Kier alpha value is -2.94. The third-order valence-electron chi connectivity index (χ3n) is 7.25. The van der Waals surface area contributed by atoms with E-state index in [9.17, 15) is 13.6 Å². The van der Waals surface area contributed by atoms with Crippen LogP contribution in [0.5, 0.6) is 0 Å². The lowest BCUT2D eigenvalue weighted by Crippen LogP contribution is -2.42. The van der Waals surface area contributed by atoms with Gasteiger partial charge in [-0.25, -0.2) is 8.78 Å². The molecule has 2 aliphatic heterocycles. The number of fused-ring (bicyclic) bond motifs is 2. The van der Waals surface area contributed by atoms with E-state index in [4.69, 9.17) is 10.5 Å². The molecule has 1 atom stereocenters. The molecule has 2 aromatic heterocycles. The molecule has 1 aromatic carbocycles. The normalized spacial score (nSPS) is 19.2. The van der Waals surface area contributed by atoms with Gasteiger partial charge in [0.05, 0.1) is 23.4 Å². The molecule has 2 aliphatic rings. The van der Waals surface area contributed by atoms with Crippen LogP contribution in [0.3, 0.4) is 0 Å². The molecular weight excluding hydrogens is 438 g/mol. The zero-order chi connectivity index (χ0) is 24.1. The van der Waals surface area contributed by atoms with Crippen LogP contribution in [0.15, 0.2) is 53.6 Å². The second-order valence-corrected chi connectivity index (χ2v) is 9.60. The van der Waals surface area contributed by atoms with Crippen LogP contribution in [0.25, 0.3) is 0 Å². The summed E-state index contributed by atoms with van der Waals surface area (Å²) in [6, 6.07) is 9.23. The molecule has 0 saturated carbocycles. The van der Waals surface area contributed by atoms with Crippen molar-refractivity contribution in [2.45, 2.75) is 44.1 Å². The van der Waals surface area contributed by atoms with Crippen molar-refractivity contribution in [2.24, 2.45) is 12.8 Å². The molecule has 4 heterocycles. The summed E-state index contributed by atoms with van der Waals surface area (Å²) in [6.45, 7) is 4.71. The minimum Gasteiger partial charge on any atom is -0.365 e. The van der Waals surface area contributed by atoms with Gasteiger partial charge in [0.2, 0.25) is 0 Å². The second kappa shape index (κ2) is 8.37. The number of likely N-dealkylation sites (tertiary alicyclic amines) is 1. The Kier molecular flexibility index (Phi) is 5.62. The van der Waals surface area contributed by atoms with Crippen molar-refractivity contribution < 1.29 is 13.5 Å². The van der Waals surface area contributed by atoms with E-state index in [1.807, 2.05) is 18.3 Å². The molecule has 178 valence electrons. The van der Waals surface area contributed by atoms with Gasteiger partial charge in [0.1, 0.15) is 0 Å². The van der Waals surface area contributed by atoms with Crippen molar-refractivity contribution in [2.75, 3.05) is 13.1 Å². The van der Waals surface area contributed by atoms with Gasteiger partial charge in [-0.15, -0.1) is 0 Å². The Morgan fingerprint density at radius 2 is 1.91 bits per heavy atom. The van der Waals surface area contributed by atoms with Crippen molar-refractivity contribution in [1.29, 1.82) is 0 Å². The number of nitrogens with two attached hydrogens (primary N) is 1. The van der Waals surface area contributed by atoms with Crippen LogP contribution in [-0.2, 0) is 36.1 Å². The topological polar surface area (TPSA) is 73.4 Å². The maximum absolute atomic E-state index is 13.7. The van der Waals surface area contributed by atoms with E-state index >= 15 is 0 Å². The van der Waals surface area contributed by atoms with Crippen molar-refractivity contribution in [3.05, 3.63) is 98.7 Å². The monoisotopic (exact) mass is 466 g/mol. The smallest absolute Gasteiger partial charge is 0.250 e. The molecule has 1 spiro atoms. The highest BCUT2D eigenvalue weighted by atomic mass is 19.2. The third-order valence-corrected chi connectivity index (χ3v) is 7.25. The van der Waals surface area contributed by atoms with E-state index in [-0.39, 0.29) is 11.2 Å². The largest absolute Gasteiger partial charge is 0.365 e. The number of piperidine rings is 1. The van der Waals surface area contributed by atoms with Gasteiger partial charge in [0.25, 0.3) is 5.56 Å². The van der Waals surface area contributed by atoms with Gasteiger partial charge in [-0.3, -0.25) is 14.7 Å². The fourth-order valence-corrected chi connectivity index (χ4v) is 5.05. The van der Waals surface area contributed by atoms with Gasteiger partial charge in [-0.1, -0.05) is 12.1 Å². The molecule has 1 saturated heterocycles. The maximum atomic E-state index is 13.7. The zero-order valence-electron chi connectivity index (χ0n) is 19.4. The first kappa shape index (κ1) is 22.8. The van der Waals surface area contributed by atoms with E-state index in [1.165, 1.54) is 6.07 Å². The lowest BCUT2D eigenvalue weighted by Gasteiger charge is -2.39. The van der Waals surface area contributed by atoms with E-state index < -0.39 is 17.2 Å². The van der Waals surface area contributed by atoms with Crippen LogP contribution in [-0.4, -0.2) is 27.5 Å². The molecule has 0 bridgehead atoms. The zero-order valence-corrected chi connectivity index (χ0v) is 19.4. The molecular formula is C26H28F2N4O2. The highest BCUT2D eigenvalue weighted by molar-refractivity contribution is 5.35. The second-order valence-electron chi connectivity index (χ2n) is 9.60. The standard InChI is InChI=1S/C26H28F2N4O2/c1-25(29,19-4-5-21(27)22(28)11-19)23-6-3-17(13-30-23)14-32-9-7-26(8-10-32)20-12-24(33)31(2)15-18(20)16-34-26/h3-6,11-13,15H,7-10,14,16,29H2,1-2H3/t25-/m0/s1. The minimum absolute atomic E-state index is 0.00695. The molecule has 0 unspecified atom stereocenters. The number of hydrogen-bond donors (Lipinski definition) is 1. The molecule has 3 aromatic rings. The summed E-state index contributed by atoms with van der Waals surface area (Å²) in [7, 11) is 1.76. The van der Waals surface area contributed by atoms with E-state index in [0.29, 0.717) is 17.9 Å². The summed E-state index contributed by atoms with van der Waals surface area (Å²) in [5.74, 6) is -1.83. The highest BCUT2D eigenvalue weighted by Crippen LogP contribution is 2.43. The fraction of sp³-hybridized carbons (Fsp3) is 0.385. The van der Waals surface area contributed by atoms with Crippen LogP contribution in [0.1, 0.15) is 47.7 Å². The van der Waals surface area contributed by atoms with Crippen molar-refractivity contribution in [3.63, 3.8) is 0 Å². The number of hydrogen-bond acceptors (Lipinski definition) is 5. The van der Waals surface area contributed by atoms with Crippen molar-refractivity contribution in [1.82, 2.24) is 14.5 Å². The summed E-state index contributed by atoms with van der Waals surface area (Å²) in [5.41, 5.74) is 9.24. The Balaban J connectivity index is 1.25. The predicted octanol–water partition coefficient (Wildman–Crippen LogP) is 3.30. The molecule has 34 heavy (non-hydrogen) atoms. The molecule has 0 radical (unpaired) electrons. The summed E-state index contributed by atoms with van der Waals surface area (Å²) in [6.07, 6.45) is 5.33. The first-order valence-electron chi connectivity index (χ1n) is 11.4. The van der Waals surface area contributed by atoms with Gasteiger partial charge in [-0.2, -0.15) is 0 Å². The number of benzene rings is 1. The average Bonchev–Trinajstić information content (AvgIpc) is 3.14. The minimum atomic E-state index is -1.05. The van der Waals surface area contributed by atoms with Crippen LogP contribution < -0.4 is 11.3 Å². The van der Waals surface area contributed by atoms with E-state index in [1.54, 1.807) is 30.8 Å². The number of ether oxygens (including phenoxy) is 1. The summed E-state index contributed by atoms with van der Waals surface area (Å²) < 4.78 is 34.8. The number of aryl methyl sites for hydroxylation is 1. The van der Waals surface area contributed by atoms with Gasteiger partial charge >= 0.3 is 0 Å². The molecule has 1 fully saturated rings. The molecule has 5 rings (SSSR count). The number of nitrogens with zero attached hydrogens (tertiary/aromatic N) is 3. The molecule has 0 amide bonds. The van der Waals surface area contributed by atoms with Gasteiger partial charge < -0.3 is 15.0 Å². The van der Waals surface area contributed by atoms with Crippen LogP contribution in [0.2, 0.25) is 0 Å². The van der Waals surface area contributed by atoms with E-state index in [0.717, 1.165) is 61.3 Å². The average molecular weight is 467 g/mol. The molecule has 6 nitrogen and oxygen atoms in total. The van der Waals surface area contributed by atoms with Crippen LogP contribution >= 0.6 is 0 Å². The summed E-state index contributed by atoms with van der Waals surface area (Å²) >= 11 is 0. The van der Waals surface area contributed by atoms with Gasteiger partial charge in [0.15, 0.2) is 11.6 Å². The molecule has 8 heteroatoms. The quantitative estimate of drug-likeness (QED) is 0.639. The predicted molar refractivity (Wildman–Crippen MR) is 124 cm³/mol. The Labute approximate surface area is 197 Å². The molecule has 0 aliphatic carbocycles. The summed E-state index contributed by atoms with van der Waals surface area (Å²) in [4.78, 5) is 19.1. The Bertz CT molecular complexity index is 1280. The van der Waals surface area contributed by atoms with Crippen molar-refractivity contribution in [3.8, 4) is 0 Å². The molecule has 2 N–H and O–H groups in total. The van der Waals surface area contributed by atoms with Crippen LogP contribution in [0, 0.1) is 11.6 Å². The Morgan fingerprint density at radius 1 is 1.15 bits per heavy atom. The summed E-state index contributed by atoms with van der Waals surface area (Å²) in [5, 5.41) is 0. The van der Waals surface area contributed by atoms with Gasteiger partial charge in [-0.05, 0) is 54.7 Å². The fourth-order valence-electron chi connectivity index (χ4n) is 5.05. The number of rotatable bonds is 4. The lowest BCUT2D eigenvalue weighted by molar-refractivity contribution is -0.0799. The number of aromatic nitrogens is 2. The lowest BCUT2D eigenvalue weighted by atomic mass is 9.84. The SMILES string of the molecule is Cn1cc2c(cc1=O)C1(CCN(Cc3ccc([C@@](C)(N)c4ccc(F)c(F)c4)nc3)CC1)OC2. The van der Waals surface area contributed by atoms with E-state index in [2.05, 4.69) is 9.88 Å². The maximum Gasteiger partial charge on any atom is 0.250 e. The number of pyridine rings is 2. The Morgan fingerprint density at radius 3 is 2.59 bits per heavy atom. The first-order chi connectivity index (χ1) is 16.2. The number of halogens is 2. The highest BCUT2D eigenvalue weighted by Gasteiger charge is 2.43.